The van der Waals surface area contributed by atoms with Crippen molar-refractivity contribution in [3.05, 3.63) is 47.0 Å². The van der Waals surface area contributed by atoms with Crippen LogP contribution in [0.15, 0.2) is 30.3 Å². The van der Waals surface area contributed by atoms with Crippen molar-refractivity contribution in [2.24, 2.45) is 0 Å². The highest BCUT2D eigenvalue weighted by Crippen LogP contribution is 2.35. The van der Waals surface area contributed by atoms with Crippen LogP contribution >= 0.6 is 0 Å². The number of hydrogen-bond acceptors (Lipinski definition) is 1. The largest absolute Gasteiger partial charge is 0.310 e. The molecule has 0 aromatic heterocycles. The maximum Gasteiger partial charge on any atom is 0.0323 e. The fourth-order valence-corrected chi connectivity index (χ4v) is 3.50. The van der Waals surface area contributed by atoms with Gasteiger partial charge in [-0.05, 0) is 60.2 Å². The average Bonchev–Trinajstić information content (AvgIpc) is 2.63. The lowest BCUT2D eigenvalue weighted by Crippen LogP contribution is -2.21. The van der Waals surface area contributed by atoms with Crippen LogP contribution in [0.1, 0.15) is 48.9 Å². The molecule has 100 valence electrons. The summed E-state index contributed by atoms with van der Waals surface area (Å²) in [5.74, 6) is 0. The molecule has 0 radical (unpaired) electrons. The van der Waals surface area contributed by atoms with Crippen LogP contribution in [0.3, 0.4) is 0 Å². The summed E-state index contributed by atoms with van der Waals surface area (Å²) >= 11 is 0. The predicted octanol–water partition coefficient (Wildman–Crippen LogP) is 4.53. The summed E-state index contributed by atoms with van der Waals surface area (Å²) in [4.78, 5) is 0. The highest BCUT2D eigenvalue weighted by Gasteiger charge is 2.20. The highest BCUT2D eigenvalue weighted by atomic mass is 14.9. The highest BCUT2D eigenvalue weighted by molar-refractivity contribution is 5.89. The van der Waals surface area contributed by atoms with Crippen LogP contribution in [-0.4, -0.2) is 6.54 Å². The molecule has 1 atom stereocenters. The molecule has 1 heteroatoms. The van der Waals surface area contributed by atoms with E-state index in [1.165, 1.54) is 42.0 Å². The first-order chi connectivity index (χ1) is 9.31. The van der Waals surface area contributed by atoms with Gasteiger partial charge >= 0.3 is 0 Å². The van der Waals surface area contributed by atoms with Gasteiger partial charge in [0.2, 0.25) is 0 Å². The van der Waals surface area contributed by atoms with Crippen molar-refractivity contribution in [3.8, 4) is 0 Å². The number of fused-ring (bicyclic) bond motifs is 3. The van der Waals surface area contributed by atoms with E-state index in [1.54, 1.807) is 11.1 Å². The SMILES string of the molecule is CCNC1CCCCc2c1cc(C)c1ccccc21. The Morgan fingerprint density at radius 3 is 2.74 bits per heavy atom. The van der Waals surface area contributed by atoms with Crippen molar-refractivity contribution in [2.45, 2.75) is 45.6 Å². The van der Waals surface area contributed by atoms with Crippen molar-refractivity contribution < 1.29 is 0 Å². The van der Waals surface area contributed by atoms with Crippen LogP contribution < -0.4 is 5.32 Å². The van der Waals surface area contributed by atoms with Crippen LogP contribution in [0.5, 0.6) is 0 Å². The van der Waals surface area contributed by atoms with Gasteiger partial charge in [-0.1, -0.05) is 43.7 Å². The summed E-state index contributed by atoms with van der Waals surface area (Å²) in [6.07, 6.45) is 5.16. The topological polar surface area (TPSA) is 12.0 Å². The predicted molar refractivity (Wildman–Crippen MR) is 82.7 cm³/mol. The molecule has 1 unspecified atom stereocenters. The summed E-state index contributed by atoms with van der Waals surface area (Å²) in [5, 5.41) is 6.58. The minimum absolute atomic E-state index is 0.547. The fourth-order valence-electron chi connectivity index (χ4n) is 3.50. The number of rotatable bonds is 2. The first-order valence-electron chi connectivity index (χ1n) is 7.55. The van der Waals surface area contributed by atoms with Crippen molar-refractivity contribution in [2.75, 3.05) is 6.54 Å². The van der Waals surface area contributed by atoms with E-state index in [0.717, 1.165) is 6.54 Å². The van der Waals surface area contributed by atoms with Gasteiger partial charge in [0.15, 0.2) is 0 Å². The number of aryl methyl sites for hydroxylation is 2. The van der Waals surface area contributed by atoms with Gasteiger partial charge < -0.3 is 5.32 Å². The Hall–Kier alpha value is -1.34. The molecule has 0 spiro atoms. The molecule has 1 nitrogen and oxygen atoms in total. The molecule has 1 aliphatic carbocycles. The molecule has 1 N–H and O–H groups in total. The monoisotopic (exact) mass is 253 g/mol. The number of benzene rings is 2. The van der Waals surface area contributed by atoms with Crippen LogP contribution in [0.25, 0.3) is 10.8 Å². The van der Waals surface area contributed by atoms with Gasteiger partial charge in [0, 0.05) is 6.04 Å². The summed E-state index contributed by atoms with van der Waals surface area (Å²) in [7, 11) is 0. The van der Waals surface area contributed by atoms with E-state index in [9.17, 15) is 0 Å². The quantitative estimate of drug-likeness (QED) is 0.776. The second-order valence-electron chi connectivity index (χ2n) is 5.66. The second kappa shape index (κ2) is 5.34. The summed E-state index contributed by atoms with van der Waals surface area (Å²) in [6, 6.07) is 11.9. The van der Waals surface area contributed by atoms with E-state index in [0.29, 0.717) is 6.04 Å². The van der Waals surface area contributed by atoms with Gasteiger partial charge in [-0.3, -0.25) is 0 Å². The van der Waals surface area contributed by atoms with E-state index in [2.05, 4.69) is 49.5 Å². The summed E-state index contributed by atoms with van der Waals surface area (Å²) in [5.41, 5.74) is 4.55. The molecule has 0 aliphatic heterocycles. The molecule has 3 rings (SSSR count). The van der Waals surface area contributed by atoms with Crippen LogP contribution in [-0.2, 0) is 6.42 Å². The van der Waals surface area contributed by atoms with Crippen LogP contribution in [0.4, 0.5) is 0 Å². The van der Waals surface area contributed by atoms with Gasteiger partial charge in [-0.25, -0.2) is 0 Å². The van der Waals surface area contributed by atoms with Gasteiger partial charge in [-0.15, -0.1) is 0 Å². The Labute approximate surface area is 116 Å². The third kappa shape index (κ3) is 2.28. The minimum Gasteiger partial charge on any atom is -0.310 e. The molecular formula is C18H23N. The van der Waals surface area contributed by atoms with Crippen molar-refractivity contribution in [3.63, 3.8) is 0 Å². The normalized spacial score (nSPS) is 19.2. The third-order valence-corrected chi connectivity index (χ3v) is 4.39. The smallest absolute Gasteiger partial charge is 0.0323 e. The van der Waals surface area contributed by atoms with E-state index in [-0.39, 0.29) is 0 Å². The van der Waals surface area contributed by atoms with Crippen molar-refractivity contribution >= 4 is 10.8 Å². The molecule has 2 aromatic rings. The molecule has 0 bridgehead atoms. The molecule has 1 aliphatic rings. The van der Waals surface area contributed by atoms with E-state index in [1.807, 2.05) is 0 Å². The zero-order valence-electron chi connectivity index (χ0n) is 12.0. The Balaban J connectivity index is 2.22. The Morgan fingerprint density at radius 2 is 1.95 bits per heavy atom. The minimum atomic E-state index is 0.547. The Morgan fingerprint density at radius 1 is 1.16 bits per heavy atom. The molecule has 0 saturated carbocycles. The molecule has 0 heterocycles. The van der Waals surface area contributed by atoms with Crippen molar-refractivity contribution in [1.82, 2.24) is 5.32 Å². The molecule has 0 fully saturated rings. The lowest BCUT2D eigenvalue weighted by molar-refractivity contribution is 0.504. The standard InChI is InChI=1S/C18H23N/c1-3-19-18-11-7-6-10-16-15-9-5-4-8-14(15)13(2)12-17(16)18/h4-5,8-9,12,18-19H,3,6-7,10-11H2,1-2H3. The van der Waals surface area contributed by atoms with Crippen molar-refractivity contribution in [1.29, 1.82) is 0 Å². The van der Waals surface area contributed by atoms with Gasteiger partial charge in [0.25, 0.3) is 0 Å². The molecule has 19 heavy (non-hydrogen) atoms. The van der Waals surface area contributed by atoms with Gasteiger partial charge in [-0.2, -0.15) is 0 Å². The lowest BCUT2D eigenvalue weighted by atomic mass is 9.90. The van der Waals surface area contributed by atoms with Crippen LogP contribution in [0.2, 0.25) is 0 Å². The number of hydrogen-bond donors (Lipinski definition) is 1. The maximum absolute atomic E-state index is 3.67. The fraction of sp³-hybridized carbons (Fsp3) is 0.444. The van der Waals surface area contributed by atoms with Crippen LogP contribution in [0, 0.1) is 6.92 Å². The second-order valence-corrected chi connectivity index (χ2v) is 5.66. The molecular weight excluding hydrogens is 230 g/mol. The maximum atomic E-state index is 3.67. The zero-order chi connectivity index (χ0) is 13.2. The third-order valence-electron chi connectivity index (χ3n) is 4.39. The summed E-state index contributed by atoms with van der Waals surface area (Å²) in [6.45, 7) is 5.50. The lowest BCUT2D eigenvalue weighted by Gasteiger charge is -2.21. The Kier molecular flexibility index (Phi) is 3.56. The molecule has 0 amide bonds. The Bertz CT molecular complexity index is 586. The van der Waals surface area contributed by atoms with Gasteiger partial charge in [0.1, 0.15) is 0 Å². The first-order valence-corrected chi connectivity index (χ1v) is 7.55. The number of nitrogens with one attached hydrogen (secondary N) is 1. The average molecular weight is 253 g/mol. The van der Waals surface area contributed by atoms with E-state index in [4.69, 9.17) is 0 Å². The van der Waals surface area contributed by atoms with Gasteiger partial charge in [0.05, 0.1) is 0 Å². The first kappa shape index (κ1) is 12.7. The zero-order valence-corrected chi connectivity index (χ0v) is 12.0. The molecule has 2 aromatic carbocycles. The van der Waals surface area contributed by atoms with E-state index >= 15 is 0 Å². The molecule has 0 saturated heterocycles. The van der Waals surface area contributed by atoms with E-state index < -0.39 is 0 Å². The summed E-state index contributed by atoms with van der Waals surface area (Å²) < 4.78 is 0.